The van der Waals surface area contributed by atoms with Crippen LogP contribution in [0.1, 0.15) is 28.4 Å². The highest BCUT2D eigenvalue weighted by molar-refractivity contribution is 7.99. The molecule has 0 radical (unpaired) electrons. The zero-order valence-corrected chi connectivity index (χ0v) is 16.8. The molecule has 0 bridgehead atoms. The van der Waals surface area contributed by atoms with Gasteiger partial charge < -0.3 is 9.15 Å². The predicted octanol–water partition coefficient (Wildman–Crippen LogP) is 3.69. The van der Waals surface area contributed by atoms with Gasteiger partial charge in [-0.15, -0.1) is 10.2 Å². The maximum Gasteiger partial charge on any atom is 0.316 e. The quantitative estimate of drug-likeness (QED) is 0.324. The van der Waals surface area contributed by atoms with Crippen LogP contribution in [-0.4, -0.2) is 38.9 Å². The number of esters is 1. The molecule has 7 nitrogen and oxygen atoms in total. The minimum absolute atomic E-state index is 0.0381. The summed E-state index contributed by atoms with van der Waals surface area (Å²) in [5.41, 5.74) is 2.52. The van der Waals surface area contributed by atoms with Gasteiger partial charge in [0.15, 0.2) is 23.3 Å². The molecule has 0 spiro atoms. The van der Waals surface area contributed by atoms with Crippen LogP contribution >= 0.6 is 11.8 Å². The molecule has 0 aliphatic heterocycles. The van der Waals surface area contributed by atoms with E-state index in [1.165, 1.54) is 11.8 Å². The third-order valence-electron chi connectivity index (χ3n) is 4.14. The highest BCUT2D eigenvalue weighted by Crippen LogP contribution is 2.24. The van der Waals surface area contributed by atoms with Crippen molar-refractivity contribution in [2.75, 3.05) is 12.4 Å². The Morgan fingerprint density at radius 3 is 2.71 bits per heavy atom. The fourth-order valence-corrected chi connectivity index (χ4v) is 3.58. The number of aromatic nitrogens is 3. The lowest BCUT2D eigenvalue weighted by Crippen LogP contribution is -2.16. The number of thioether (sulfide) groups is 1. The topological polar surface area (TPSA) is 87.2 Å². The number of ether oxygens (including phenoxy) is 1. The summed E-state index contributed by atoms with van der Waals surface area (Å²) >= 11 is 1.21. The van der Waals surface area contributed by atoms with Crippen LogP contribution in [-0.2, 0) is 16.1 Å². The Hall–Kier alpha value is -2.87. The largest absolute Gasteiger partial charge is 0.461 e. The number of aryl methyl sites for hydroxylation is 2. The third kappa shape index (κ3) is 4.51. The lowest BCUT2D eigenvalue weighted by molar-refractivity contribution is -0.139. The molecule has 0 saturated heterocycles. The number of hydrogen-bond donors (Lipinski definition) is 0. The highest BCUT2D eigenvalue weighted by atomic mass is 32.2. The van der Waals surface area contributed by atoms with Crippen LogP contribution in [0.15, 0.2) is 46.2 Å². The second-order valence-corrected chi connectivity index (χ2v) is 7.16. The van der Waals surface area contributed by atoms with Crippen molar-refractivity contribution in [1.29, 1.82) is 0 Å². The molecule has 0 atom stereocenters. The summed E-state index contributed by atoms with van der Waals surface area (Å²) in [7, 11) is 0. The van der Waals surface area contributed by atoms with Crippen LogP contribution in [0.25, 0.3) is 11.6 Å². The fraction of sp³-hybridized carbons (Fsp3) is 0.300. The second-order valence-electron chi connectivity index (χ2n) is 6.22. The molecule has 0 N–H and O–H groups in total. The maximum absolute atomic E-state index is 12.3. The summed E-state index contributed by atoms with van der Waals surface area (Å²) in [6.07, 6.45) is 1.57. The first-order chi connectivity index (χ1) is 13.5. The molecule has 28 heavy (non-hydrogen) atoms. The summed E-state index contributed by atoms with van der Waals surface area (Å²) in [6.45, 7) is 6.14. The molecule has 146 valence electrons. The van der Waals surface area contributed by atoms with E-state index < -0.39 is 5.97 Å². The minimum atomic E-state index is -0.478. The first-order valence-corrected chi connectivity index (χ1v) is 9.84. The van der Waals surface area contributed by atoms with E-state index in [0.29, 0.717) is 28.8 Å². The average molecular weight is 399 g/mol. The van der Waals surface area contributed by atoms with Crippen molar-refractivity contribution >= 4 is 23.5 Å². The Bertz CT molecular complexity index is 980. The highest BCUT2D eigenvalue weighted by Gasteiger charge is 2.17. The molecular formula is C20H21N3O4S. The number of benzene rings is 1. The number of nitrogens with zero attached hydrogens (tertiary/aromatic N) is 3. The van der Waals surface area contributed by atoms with Crippen molar-refractivity contribution in [2.24, 2.45) is 0 Å². The van der Waals surface area contributed by atoms with Gasteiger partial charge >= 0.3 is 5.97 Å². The Balaban J connectivity index is 1.55. The Labute approximate surface area is 167 Å². The number of ketones is 1. The van der Waals surface area contributed by atoms with Crippen LogP contribution in [0.5, 0.6) is 0 Å². The smallest absolute Gasteiger partial charge is 0.316 e. The van der Waals surface area contributed by atoms with Crippen molar-refractivity contribution in [1.82, 2.24) is 14.8 Å². The summed E-state index contributed by atoms with van der Waals surface area (Å²) in [5, 5.41) is 8.84. The van der Waals surface area contributed by atoms with Crippen LogP contribution in [0.2, 0.25) is 0 Å². The van der Waals surface area contributed by atoms with E-state index in [9.17, 15) is 9.59 Å². The van der Waals surface area contributed by atoms with Crippen molar-refractivity contribution in [2.45, 2.75) is 32.5 Å². The summed E-state index contributed by atoms with van der Waals surface area (Å²) in [4.78, 5) is 24.3. The molecule has 1 aromatic carbocycles. The molecule has 2 heterocycles. The summed E-state index contributed by atoms with van der Waals surface area (Å²) in [6, 6.07) is 9.14. The molecule has 3 aromatic rings. The van der Waals surface area contributed by atoms with E-state index >= 15 is 0 Å². The van der Waals surface area contributed by atoms with E-state index in [2.05, 4.69) is 10.2 Å². The molecule has 0 aliphatic carbocycles. The van der Waals surface area contributed by atoms with Gasteiger partial charge in [-0.05, 0) is 38.5 Å². The van der Waals surface area contributed by atoms with E-state index in [1.807, 2.05) is 37.5 Å². The third-order valence-corrected chi connectivity index (χ3v) is 5.08. The minimum Gasteiger partial charge on any atom is -0.461 e. The normalized spacial score (nSPS) is 10.8. The van der Waals surface area contributed by atoms with E-state index in [4.69, 9.17) is 9.15 Å². The lowest BCUT2D eigenvalue weighted by Gasteiger charge is -2.08. The van der Waals surface area contributed by atoms with Crippen LogP contribution < -0.4 is 0 Å². The van der Waals surface area contributed by atoms with Gasteiger partial charge in [0.05, 0.1) is 12.0 Å². The first kappa shape index (κ1) is 19.9. The summed E-state index contributed by atoms with van der Waals surface area (Å²) in [5.74, 6) is 0.563. The predicted molar refractivity (Wildman–Crippen MR) is 105 cm³/mol. The molecule has 0 saturated carbocycles. The van der Waals surface area contributed by atoms with Gasteiger partial charge in [0, 0.05) is 12.1 Å². The SMILES string of the molecule is CCn1c(SCC(=O)OCC(=O)c2ccc(C)cc2C)nnc1-c1ccco1. The van der Waals surface area contributed by atoms with Crippen LogP contribution in [0, 0.1) is 13.8 Å². The van der Waals surface area contributed by atoms with Gasteiger partial charge in [-0.25, -0.2) is 0 Å². The van der Waals surface area contributed by atoms with Crippen molar-refractivity contribution < 1.29 is 18.7 Å². The number of Topliss-reactive ketones (excluding diaryl/α,β-unsaturated/α-hetero) is 1. The van der Waals surface area contributed by atoms with Gasteiger partial charge in [-0.2, -0.15) is 0 Å². The van der Waals surface area contributed by atoms with Crippen LogP contribution in [0.3, 0.4) is 0 Å². The monoisotopic (exact) mass is 399 g/mol. The second kappa shape index (κ2) is 8.88. The zero-order valence-electron chi connectivity index (χ0n) is 16.0. The molecular weight excluding hydrogens is 378 g/mol. The molecule has 3 rings (SSSR count). The number of rotatable bonds is 8. The van der Waals surface area contributed by atoms with Crippen molar-refractivity contribution in [3.8, 4) is 11.6 Å². The number of hydrogen-bond acceptors (Lipinski definition) is 7. The van der Waals surface area contributed by atoms with Gasteiger partial charge in [-0.3, -0.25) is 14.2 Å². The Morgan fingerprint density at radius 1 is 1.21 bits per heavy atom. The molecule has 0 fully saturated rings. The number of furan rings is 1. The zero-order chi connectivity index (χ0) is 20.1. The number of carbonyl (C=O) groups excluding carboxylic acids is 2. The first-order valence-electron chi connectivity index (χ1n) is 8.85. The number of carbonyl (C=O) groups is 2. The van der Waals surface area contributed by atoms with Gasteiger partial charge in [0.25, 0.3) is 0 Å². The molecule has 0 aliphatic rings. The summed E-state index contributed by atoms with van der Waals surface area (Å²) < 4.78 is 12.4. The van der Waals surface area contributed by atoms with Crippen molar-refractivity contribution in [3.63, 3.8) is 0 Å². The molecule has 2 aromatic heterocycles. The van der Waals surface area contributed by atoms with E-state index in [-0.39, 0.29) is 18.1 Å². The van der Waals surface area contributed by atoms with Crippen LogP contribution in [0.4, 0.5) is 0 Å². The van der Waals surface area contributed by atoms with E-state index in [0.717, 1.165) is 11.1 Å². The van der Waals surface area contributed by atoms with Gasteiger partial charge in [0.1, 0.15) is 0 Å². The van der Waals surface area contributed by atoms with Crippen molar-refractivity contribution in [3.05, 3.63) is 53.3 Å². The van der Waals surface area contributed by atoms with Gasteiger partial charge in [0.2, 0.25) is 5.78 Å². The standard InChI is InChI=1S/C20H21N3O4S/c1-4-23-19(17-6-5-9-26-17)21-22-20(23)28-12-18(25)27-11-16(24)15-8-7-13(2)10-14(15)3/h5-10H,4,11-12H2,1-3H3. The Morgan fingerprint density at radius 2 is 2.04 bits per heavy atom. The molecule has 0 unspecified atom stereocenters. The maximum atomic E-state index is 12.3. The van der Waals surface area contributed by atoms with Gasteiger partial charge in [-0.1, -0.05) is 35.5 Å². The lowest BCUT2D eigenvalue weighted by atomic mass is 10.0. The molecule has 0 amide bonds. The fourth-order valence-electron chi connectivity index (χ4n) is 2.78. The average Bonchev–Trinajstić information content (AvgIpc) is 3.33. The Kier molecular flexibility index (Phi) is 6.30. The van der Waals surface area contributed by atoms with E-state index in [1.54, 1.807) is 24.5 Å². The molecule has 8 heteroatoms.